The van der Waals surface area contributed by atoms with E-state index in [9.17, 15) is 8.42 Å². The van der Waals surface area contributed by atoms with Crippen LogP contribution in [0.3, 0.4) is 0 Å². The Bertz CT molecular complexity index is 1120. The van der Waals surface area contributed by atoms with Crippen molar-refractivity contribution in [3.05, 3.63) is 103 Å². The van der Waals surface area contributed by atoms with Crippen molar-refractivity contribution in [2.75, 3.05) is 0 Å². The molecule has 0 bridgehead atoms. The van der Waals surface area contributed by atoms with Gasteiger partial charge in [-0.3, -0.25) is 15.0 Å². The molecule has 0 amide bonds. The van der Waals surface area contributed by atoms with Gasteiger partial charge in [0.2, 0.25) is 0 Å². The first-order valence-electron chi connectivity index (χ1n) is 9.09. The largest absolute Gasteiger partial charge is 0.307 e. The van der Waals surface area contributed by atoms with E-state index in [-0.39, 0.29) is 4.90 Å². The van der Waals surface area contributed by atoms with Crippen LogP contribution in [-0.2, 0) is 13.7 Å². The third kappa shape index (κ3) is 3.85. The van der Waals surface area contributed by atoms with E-state index in [1.54, 1.807) is 79.6 Å². The third-order valence-corrected chi connectivity index (χ3v) is 9.50. The zero-order valence-corrected chi connectivity index (χ0v) is 17.8. The molecule has 0 radical (unpaired) electrons. The fourth-order valence-electron chi connectivity index (χ4n) is 2.96. The second-order valence-corrected chi connectivity index (χ2v) is 10.9. The van der Waals surface area contributed by atoms with Crippen LogP contribution >= 0.6 is 10.3 Å². The van der Waals surface area contributed by atoms with E-state index in [2.05, 4.69) is 15.0 Å². The lowest BCUT2D eigenvalue weighted by Gasteiger charge is -2.38. The predicted octanol–water partition coefficient (Wildman–Crippen LogP) is 4.78. The van der Waals surface area contributed by atoms with E-state index in [1.807, 2.05) is 25.1 Å². The molecule has 0 N–H and O–H groups in total. The summed E-state index contributed by atoms with van der Waals surface area (Å²) in [6.45, 7) is 1.90. The molecule has 0 saturated heterocycles. The fraction of sp³-hybridized carbons (Fsp3) is 0.0455. The Morgan fingerprint density at radius 1 is 0.633 bits per heavy atom. The second kappa shape index (κ2) is 8.35. The van der Waals surface area contributed by atoms with E-state index in [1.165, 1.54) is 0 Å². The average molecular weight is 438 g/mol. The Morgan fingerprint density at radius 3 is 1.43 bits per heavy atom. The summed E-state index contributed by atoms with van der Waals surface area (Å²) in [5.74, 6) is 0. The minimum atomic E-state index is -4.13. The van der Waals surface area contributed by atoms with Gasteiger partial charge in [-0.1, -0.05) is 17.7 Å². The Hall–Kier alpha value is -3.07. The highest BCUT2D eigenvalue weighted by Crippen LogP contribution is 2.69. The summed E-state index contributed by atoms with van der Waals surface area (Å²) in [4.78, 5) is 14.6. The molecule has 152 valence electrons. The maximum atomic E-state index is 13.4. The molecule has 0 saturated carbocycles. The zero-order chi connectivity index (χ0) is 21.0. The first-order chi connectivity index (χ1) is 14.5. The molecule has 0 unspecified atom stereocenters. The molecule has 8 heteroatoms. The predicted molar refractivity (Wildman–Crippen MR) is 115 cm³/mol. The summed E-state index contributed by atoms with van der Waals surface area (Å²) < 4.78 is 33.0. The van der Waals surface area contributed by atoms with Crippen LogP contribution in [0.4, 0.5) is 0 Å². The van der Waals surface area contributed by atoms with Crippen LogP contribution in [0.1, 0.15) is 5.56 Å². The number of nitrogens with zero attached hydrogens (tertiary/aromatic N) is 3. The van der Waals surface area contributed by atoms with Gasteiger partial charge in [-0.2, -0.15) is 8.42 Å². The minimum Gasteiger partial charge on any atom is -0.264 e. The van der Waals surface area contributed by atoms with Crippen molar-refractivity contribution in [2.24, 2.45) is 0 Å². The average Bonchev–Trinajstić information content (AvgIpc) is 2.79. The number of pyridine rings is 3. The molecule has 1 aromatic carbocycles. The fourth-order valence-corrected chi connectivity index (χ4v) is 8.01. The molecule has 30 heavy (non-hydrogen) atoms. The number of aryl methyl sites for hydroxylation is 1. The van der Waals surface area contributed by atoms with E-state index in [4.69, 9.17) is 3.63 Å². The van der Waals surface area contributed by atoms with Gasteiger partial charge in [0.25, 0.3) is 0 Å². The van der Waals surface area contributed by atoms with Crippen molar-refractivity contribution in [3.63, 3.8) is 0 Å². The summed E-state index contributed by atoms with van der Waals surface area (Å²) in [5, 5.41) is 0. The summed E-state index contributed by atoms with van der Waals surface area (Å²) in [6.07, 6.45) is 9.78. The van der Waals surface area contributed by atoms with Gasteiger partial charge in [0, 0.05) is 51.9 Å². The molecule has 3 heterocycles. The highest BCUT2D eigenvalue weighted by molar-refractivity contribution is 8.33. The van der Waals surface area contributed by atoms with Crippen LogP contribution in [0.15, 0.2) is 117 Å². The summed E-state index contributed by atoms with van der Waals surface area (Å²) in [6, 6.07) is 17.3. The van der Waals surface area contributed by atoms with Crippen molar-refractivity contribution in [1.29, 1.82) is 0 Å². The van der Waals surface area contributed by atoms with Crippen LogP contribution in [-0.4, -0.2) is 23.4 Å². The lowest BCUT2D eigenvalue weighted by Crippen LogP contribution is -2.15. The molecule has 0 fully saturated rings. The highest BCUT2D eigenvalue weighted by Gasteiger charge is 2.39. The molecule has 0 aliphatic heterocycles. The van der Waals surface area contributed by atoms with Crippen LogP contribution in [0.25, 0.3) is 0 Å². The molecule has 6 nitrogen and oxygen atoms in total. The minimum absolute atomic E-state index is 0.0849. The molecule has 0 aliphatic carbocycles. The highest BCUT2D eigenvalue weighted by atomic mass is 32.3. The Labute approximate surface area is 177 Å². The molecule has 4 rings (SSSR count). The SMILES string of the molecule is Cc1ccc(S(=O)(=O)OS(c2cccnc2)(c2cccnc2)c2cccnc2)cc1. The van der Waals surface area contributed by atoms with Crippen LogP contribution in [0.2, 0.25) is 0 Å². The van der Waals surface area contributed by atoms with E-state index < -0.39 is 20.4 Å². The normalized spacial score (nSPS) is 12.4. The Kier molecular flexibility index (Phi) is 5.63. The van der Waals surface area contributed by atoms with Crippen molar-refractivity contribution in [2.45, 2.75) is 26.5 Å². The molecule has 3 aromatic heterocycles. The van der Waals surface area contributed by atoms with Gasteiger partial charge in [0.15, 0.2) is 0 Å². The van der Waals surface area contributed by atoms with Gasteiger partial charge < -0.3 is 0 Å². The van der Waals surface area contributed by atoms with Crippen molar-refractivity contribution >= 4 is 20.4 Å². The second-order valence-electron chi connectivity index (χ2n) is 6.46. The van der Waals surface area contributed by atoms with Crippen molar-refractivity contribution in [1.82, 2.24) is 15.0 Å². The van der Waals surface area contributed by atoms with Gasteiger partial charge >= 0.3 is 10.1 Å². The summed E-state index contributed by atoms with van der Waals surface area (Å²) >= 11 is 0. The molecular weight excluding hydrogens is 418 g/mol. The van der Waals surface area contributed by atoms with Gasteiger partial charge in [-0.25, -0.2) is 3.63 Å². The number of hydrogen-bond donors (Lipinski definition) is 0. The van der Waals surface area contributed by atoms with Gasteiger partial charge in [0.05, 0.1) is 4.90 Å². The Balaban J connectivity index is 1.99. The first kappa shape index (κ1) is 20.2. The number of rotatable bonds is 6. The lowest BCUT2D eigenvalue weighted by atomic mass is 10.2. The molecule has 4 aromatic rings. The third-order valence-electron chi connectivity index (χ3n) is 4.40. The summed E-state index contributed by atoms with van der Waals surface area (Å²) in [5.41, 5.74) is 0.958. The monoisotopic (exact) mass is 437 g/mol. The van der Waals surface area contributed by atoms with Crippen LogP contribution in [0.5, 0.6) is 0 Å². The molecule has 0 spiro atoms. The van der Waals surface area contributed by atoms with Crippen LogP contribution in [0, 0.1) is 6.92 Å². The van der Waals surface area contributed by atoms with Crippen LogP contribution < -0.4 is 0 Å². The number of hydrogen-bond acceptors (Lipinski definition) is 6. The quantitative estimate of drug-likeness (QED) is 0.432. The van der Waals surface area contributed by atoms with Gasteiger partial charge in [-0.15, -0.1) is 0 Å². The van der Waals surface area contributed by atoms with Gasteiger partial charge in [-0.05, 0) is 65.8 Å². The van der Waals surface area contributed by atoms with E-state index in [0.717, 1.165) is 5.56 Å². The standard InChI is InChI=1S/C22H19N3O3S2/c1-18-8-10-19(11-9-18)30(26,27)28-29(20-5-2-12-23-15-20,21-6-3-13-24-16-21)22-7-4-14-25-17-22/h2-17H,1H3. The smallest absolute Gasteiger partial charge is 0.264 e. The molecule has 0 atom stereocenters. The lowest BCUT2D eigenvalue weighted by molar-refractivity contribution is 0.508. The van der Waals surface area contributed by atoms with Gasteiger partial charge in [0.1, 0.15) is 0 Å². The summed E-state index contributed by atoms with van der Waals surface area (Å²) in [7, 11) is -6.85. The molecular formula is C22H19N3O3S2. The zero-order valence-electron chi connectivity index (χ0n) is 16.1. The maximum Gasteiger partial charge on any atom is 0.307 e. The number of benzene rings is 1. The van der Waals surface area contributed by atoms with E-state index in [0.29, 0.717) is 14.7 Å². The Morgan fingerprint density at radius 2 is 1.07 bits per heavy atom. The van der Waals surface area contributed by atoms with E-state index >= 15 is 0 Å². The first-order valence-corrected chi connectivity index (χ1v) is 12.1. The number of aromatic nitrogens is 3. The van der Waals surface area contributed by atoms with Crippen molar-refractivity contribution in [3.8, 4) is 0 Å². The molecule has 0 aliphatic rings. The maximum absolute atomic E-state index is 13.4. The topological polar surface area (TPSA) is 82.0 Å². The van der Waals surface area contributed by atoms with Crippen molar-refractivity contribution < 1.29 is 12.0 Å².